The van der Waals surface area contributed by atoms with Crippen LogP contribution in [0.5, 0.6) is 5.75 Å². The van der Waals surface area contributed by atoms with Gasteiger partial charge in [-0.3, -0.25) is 9.88 Å². The first-order valence-corrected chi connectivity index (χ1v) is 6.74. The standard InChI is InChI=1S/C14H22N2O2/c1-3-16(4-2)10-13-14(6-5-8-15-13)17-9-7-12-11-18-12/h5-6,8,12H,3-4,7,9-11H2,1-2H3. The maximum absolute atomic E-state index is 5.81. The Morgan fingerprint density at radius 3 is 2.89 bits per heavy atom. The van der Waals surface area contributed by atoms with E-state index in [0.29, 0.717) is 12.7 Å². The van der Waals surface area contributed by atoms with Crippen LogP contribution in [-0.4, -0.2) is 42.3 Å². The second-order valence-corrected chi connectivity index (χ2v) is 4.50. The van der Waals surface area contributed by atoms with E-state index in [1.165, 1.54) is 0 Å². The minimum absolute atomic E-state index is 0.424. The van der Waals surface area contributed by atoms with Gasteiger partial charge in [-0.05, 0) is 25.2 Å². The topological polar surface area (TPSA) is 37.9 Å². The molecule has 2 rings (SSSR count). The van der Waals surface area contributed by atoms with E-state index in [1.807, 2.05) is 18.3 Å². The molecule has 1 aromatic rings. The number of hydrogen-bond donors (Lipinski definition) is 0. The monoisotopic (exact) mass is 250 g/mol. The van der Waals surface area contributed by atoms with Crippen molar-refractivity contribution in [3.8, 4) is 5.75 Å². The second kappa shape index (κ2) is 6.71. The van der Waals surface area contributed by atoms with Gasteiger partial charge in [0.2, 0.25) is 0 Å². The molecule has 0 aromatic carbocycles. The zero-order valence-corrected chi connectivity index (χ0v) is 11.3. The molecule has 0 N–H and O–H groups in total. The van der Waals surface area contributed by atoms with Gasteiger partial charge in [0.1, 0.15) is 5.75 Å². The van der Waals surface area contributed by atoms with E-state index in [0.717, 1.165) is 44.1 Å². The maximum Gasteiger partial charge on any atom is 0.142 e. The summed E-state index contributed by atoms with van der Waals surface area (Å²) in [6.07, 6.45) is 3.22. The van der Waals surface area contributed by atoms with Crippen LogP contribution in [0.4, 0.5) is 0 Å². The molecule has 4 heteroatoms. The SMILES string of the molecule is CCN(CC)Cc1ncccc1OCCC1CO1. The summed E-state index contributed by atoms with van der Waals surface area (Å²) in [5.74, 6) is 0.907. The number of nitrogens with zero attached hydrogens (tertiary/aromatic N) is 2. The summed E-state index contributed by atoms with van der Waals surface area (Å²) < 4.78 is 11.0. The third-order valence-corrected chi connectivity index (χ3v) is 3.22. The summed E-state index contributed by atoms with van der Waals surface area (Å²) >= 11 is 0. The second-order valence-electron chi connectivity index (χ2n) is 4.50. The molecule has 0 aliphatic carbocycles. The Balaban J connectivity index is 1.90. The Hall–Kier alpha value is -1.13. The van der Waals surface area contributed by atoms with Crippen molar-refractivity contribution in [3.05, 3.63) is 24.0 Å². The zero-order chi connectivity index (χ0) is 12.8. The van der Waals surface area contributed by atoms with Gasteiger partial charge in [-0.1, -0.05) is 13.8 Å². The highest BCUT2D eigenvalue weighted by molar-refractivity contribution is 5.26. The molecule has 1 atom stereocenters. The smallest absolute Gasteiger partial charge is 0.142 e. The average molecular weight is 250 g/mol. The highest BCUT2D eigenvalue weighted by Gasteiger charge is 2.22. The fraction of sp³-hybridized carbons (Fsp3) is 0.643. The Labute approximate surface area is 109 Å². The van der Waals surface area contributed by atoms with Gasteiger partial charge in [-0.25, -0.2) is 0 Å². The maximum atomic E-state index is 5.81. The lowest BCUT2D eigenvalue weighted by Gasteiger charge is -2.19. The van der Waals surface area contributed by atoms with Crippen molar-refractivity contribution in [2.24, 2.45) is 0 Å². The number of rotatable bonds is 8. The lowest BCUT2D eigenvalue weighted by atomic mass is 10.3. The number of hydrogen-bond acceptors (Lipinski definition) is 4. The van der Waals surface area contributed by atoms with E-state index in [4.69, 9.17) is 9.47 Å². The normalized spacial score (nSPS) is 18.1. The minimum atomic E-state index is 0.424. The van der Waals surface area contributed by atoms with E-state index in [-0.39, 0.29) is 0 Å². The Bertz CT molecular complexity index is 363. The number of aromatic nitrogens is 1. The zero-order valence-electron chi connectivity index (χ0n) is 11.3. The van der Waals surface area contributed by atoms with Crippen LogP contribution in [0.25, 0.3) is 0 Å². The van der Waals surface area contributed by atoms with Gasteiger partial charge in [0.15, 0.2) is 0 Å². The van der Waals surface area contributed by atoms with Gasteiger partial charge in [-0.2, -0.15) is 0 Å². The summed E-state index contributed by atoms with van der Waals surface area (Å²) in [6, 6.07) is 3.92. The van der Waals surface area contributed by atoms with Gasteiger partial charge < -0.3 is 9.47 Å². The van der Waals surface area contributed by atoms with Gasteiger partial charge in [0, 0.05) is 19.2 Å². The molecular weight excluding hydrogens is 228 g/mol. The van der Waals surface area contributed by atoms with E-state index >= 15 is 0 Å². The lowest BCUT2D eigenvalue weighted by molar-refractivity contribution is 0.261. The van der Waals surface area contributed by atoms with Gasteiger partial charge in [0.05, 0.1) is 25.0 Å². The lowest BCUT2D eigenvalue weighted by Crippen LogP contribution is -2.23. The summed E-state index contributed by atoms with van der Waals surface area (Å²) in [6.45, 7) is 8.84. The van der Waals surface area contributed by atoms with Crippen molar-refractivity contribution in [1.82, 2.24) is 9.88 Å². The molecule has 4 nitrogen and oxygen atoms in total. The minimum Gasteiger partial charge on any atom is -0.492 e. The van der Waals surface area contributed by atoms with E-state index in [2.05, 4.69) is 23.7 Å². The first kappa shape index (κ1) is 13.3. The molecule has 0 amide bonds. The summed E-state index contributed by atoms with van der Waals surface area (Å²) in [7, 11) is 0. The first-order chi connectivity index (χ1) is 8.83. The number of epoxide rings is 1. The molecule has 0 bridgehead atoms. The van der Waals surface area contributed by atoms with E-state index in [1.54, 1.807) is 0 Å². The predicted octanol–water partition coefficient (Wildman–Crippen LogP) is 2.09. The third-order valence-electron chi connectivity index (χ3n) is 3.22. The van der Waals surface area contributed by atoms with Crippen LogP contribution >= 0.6 is 0 Å². The summed E-state index contributed by atoms with van der Waals surface area (Å²) in [5, 5.41) is 0. The fourth-order valence-corrected chi connectivity index (χ4v) is 1.87. The Morgan fingerprint density at radius 2 is 2.22 bits per heavy atom. The quantitative estimate of drug-likeness (QED) is 0.662. The van der Waals surface area contributed by atoms with Crippen LogP contribution in [0, 0.1) is 0 Å². The molecule has 1 aromatic heterocycles. The molecule has 1 aliphatic rings. The highest BCUT2D eigenvalue weighted by atomic mass is 16.6. The molecule has 100 valence electrons. The van der Waals surface area contributed by atoms with Crippen molar-refractivity contribution < 1.29 is 9.47 Å². The van der Waals surface area contributed by atoms with Crippen molar-refractivity contribution >= 4 is 0 Å². The molecule has 18 heavy (non-hydrogen) atoms. The van der Waals surface area contributed by atoms with Crippen LogP contribution in [0.15, 0.2) is 18.3 Å². The Morgan fingerprint density at radius 1 is 1.44 bits per heavy atom. The highest BCUT2D eigenvalue weighted by Crippen LogP contribution is 2.19. The first-order valence-electron chi connectivity index (χ1n) is 6.74. The Kier molecular flexibility index (Phi) is 4.96. The molecule has 0 spiro atoms. The molecule has 1 saturated heterocycles. The molecule has 1 aliphatic heterocycles. The van der Waals surface area contributed by atoms with Crippen molar-refractivity contribution in [1.29, 1.82) is 0 Å². The summed E-state index contributed by atoms with van der Waals surface area (Å²) in [4.78, 5) is 6.76. The van der Waals surface area contributed by atoms with Crippen LogP contribution in [0.3, 0.4) is 0 Å². The van der Waals surface area contributed by atoms with Crippen molar-refractivity contribution in [2.75, 3.05) is 26.3 Å². The van der Waals surface area contributed by atoms with Crippen molar-refractivity contribution in [2.45, 2.75) is 32.9 Å². The molecule has 0 saturated carbocycles. The van der Waals surface area contributed by atoms with Crippen molar-refractivity contribution in [3.63, 3.8) is 0 Å². The van der Waals surface area contributed by atoms with Gasteiger partial charge in [-0.15, -0.1) is 0 Å². The van der Waals surface area contributed by atoms with Crippen LogP contribution in [0.2, 0.25) is 0 Å². The summed E-state index contributed by atoms with van der Waals surface area (Å²) in [5.41, 5.74) is 1.03. The molecular formula is C14H22N2O2. The molecule has 2 heterocycles. The van der Waals surface area contributed by atoms with E-state index < -0.39 is 0 Å². The molecule has 0 radical (unpaired) electrons. The molecule has 1 fully saturated rings. The molecule has 1 unspecified atom stereocenters. The van der Waals surface area contributed by atoms with Crippen LogP contribution in [0.1, 0.15) is 26.0 Å². The van der Waals surface area contributed by atoms with Crippen LogP contribution < -0.4 is 4.74 Å². The van der Waals surface area contributed by atoms with E-state index in [9.17, 15) is 0 Å². The van der Waals surface area contributed by atoms with Gasteiger partial charge >= 0.3 is 0 Å². The van der Waals surface area contributed by atoms with Crippen LogP contribution in [-0.2, 0) is 11.3 Å². The number of pyridine rings is 1. The fourth-order valence-electron chi connectivity index (χ4n) is 1.87. The average Bonchev–Trinajstić information content (AvgIpc) is 3.21. The largest absolute Gasteiger partial charge is 0.492 e. The number of ether oxygens (including phenoxy) is 2. The van der Waals surface area contributed by atoms with Gasteiger partial charge in [0.25, 0.3) is 0 Å². The predicted molar refractivity (Wildman–Crippen MR) is 70.7 cm³/mol. The third kappa shape index (κ3) is 3.96.